The van der Waals surface area contributed by atoms with E-state index in [0.717, 1.165) is 17.3 Å². The molecule has 3 N–H and O–H groups in total. The molecule has 4 nitrogen and oxygen atoms in total. The smallest absolute Gasteiger partial charge is 0.174 e. The van der Waals surface area contributed by atoms with Gasteiger partial charge in [-0.15, -0.1) is 0 Å². The highest BCUT2D eigenvalue weighted by molar-refractivity contribution is 5.84. The molecule has 4 heteroatoms. The zero-order valence-electron chi connectivity index (χ0n) is 9.73. The maximum absolute atomic E-state index is 8.45. The highest BCUT2D eigenvalue weighted by Crippen LogP contribution is 2.24. The van der Waals surface area contributed by atoms with Gasteiger partial charge in [-0.1, -0.05) is 0 Å². The van der Waals surface area contributed by atoms with Gasteiger partial charge >= 0.3 is 0 Å². The second-order valence-electron chi connectivity index (χ2n) is 4.15. The standard InChI is InChI=1S/C13H15N3O/c1-9(15)6-10-8-16-13-7-11(17-5-4-14)2-3-12(10)13/h2-3,7-9,16H,5-6,15H2,1H3. The van der Waals surface area contributed by atoms with Crippen molar-refractivity contribution >= 4 is 10.9 Å². The van der Waals surface area contributed by atoms with Crippen LogP contribution >= 0.6 is 0 Å². The topological polar surface area (TPSA) is 74.8 Å². The number of rotatable bonds is 4. The van der Waals surface area contributed by atoms with Gasteiger partial charge in [0.2, 0.25) is 0 Å². The highest BCUT2D eigenvalue weighted by atomic mass is 16.5. The van der Waals surface area contributed by atoms with E-state index in [4.69, 9.17) is 15.7 Å². The van der Waals surface area contributed by atoms with Gasteiger partial charge in [-0.05, 0) is 31.0 Å². The molecule has 88 valence electrons. The first-order valence-electron chi connectivity index (χ1n) is 5.56. The van der Waals surface area contributed by atoms with Gasteiger partial charge in [-0.3, -0.25) is 0 Å². The minimum absolute atomic E-state index is 0.0684. The summed E-state index contributed by atoms with van der Waals surface area (Å²) in [5.74, 6) is 0.702. The SMILES string of the molecule is CC(N)Cc1c[nH]c2cc(OCC#N)ccc12. The molecule has 1 aromatic carbocycles. The van der Waals surface area contributed by atoms with Crippen molar-refractivity contribution in [3.63, 3.8) is 0 Å². The molecule has 0 saturated heterocycles. The van der Waals surface area contributed by atoms with Gasteiger partial charge in [0.15, 0.2) is 6.61 Å². The van der Waals surface area contributed by atoms with Crippen LogP contribution in [0.5, 0.6) is 5.75 Å². The minimum Gasteiger partial charge on any atom is -0.479 e. The third-order valence-electron chi connectivity index (χ3n) is 2.58. The van der Waals surface area contributed by atoms with Gasteiger partial charge in [0.05, 0.1) is 0 Å². The summed E-state index contributed by atoms with van der Waals surface area (Å²) >= 11 is 0. The Labute approximate surface area is 100.0 Å². The molecular weight excluding hydrogens is 214 g/mol. The molecule has 1 unspecified atom stereocenters. The zero-order chi connectivity index (χ0) is 12.3. The Bertz CT molecular complexity index is 551. The lowest BCUT2D eigenvalue weighted by molar-refractivity contribution is 0.368. The van der Waals surface area contributed by atoms with Crippen molar-refractivity contribution in [3.05, 3.63) is 30.0 Å². The lowest BCUT2D eigenvalue weighted by Gasteiger charge is -2.04. The fraction of sp³-hybridized carbons (Fsp3) is 0.308. The summed E-state index contributed by atoms with van der Waals surface area (Å²) in [6, 6.07) is 7.86. The van der Waals surface area contributed by atoms with E-state index < -0.39 is 0 Å². The number of hydrogen-bond acceptors (Lipinski definition) is 3. The third-order valence-corrected chi connectivity index (χ3v) is 2.58. The maximum atomic E-state index is 8.45. The number of ether oxygens (including phenoxy) is 1. The van der Waals surface area contributed by atoms with E-state index in [9.17, 15) is 0 Å². The molecule has 1 heterocycles. The molecule has 0 radical (unpaired) electrons. The van der Waals surface area contributed by atoms with E-state index in [1.54, 1.807) is 0 Å². The molecule has 0 aliphatic rings. The van der Waals surface area contributed by atoms with Crippen molar-refractivity contribution in [2.24, 2.45) is 5.73 Å². The molecule has 0 amide bonds. The predicted molar refractivity (Wildman–Crippen MR) is 66.8 cm³/mol. The first kappa shape index (κ1) is 11.5. The summed E-state index contributed by atoms with van der Waals surface area (Å²) in [5, 5.41) is 9.61. The average molecular weight is 229 g/mol. The summed E-state index contributed by atoms with van der Waals surface area (Å²) < 4.78 is 5.25. The first-order chi connectivity index (χ1) is 8.20. The van der Waals surface area contributed by atoms with Crippen LogP contribution in [0.1, 0.15) is 12.5 Å². The molecule has 17 heavy (non-hydrogen) atoms. The van der Waals surface area contributed by atoms with Crippen molar-refractivity contribution in [2.75, 3.05) is 6.61 Å². The number of H-pyrrole nitrogens is 1. The van der Waals surface area contributed by atoms with E-state index in [1.165, 1.54) is 5.56 Å². The highest BCUT2D eigenvalue weighted by Gasteiger charge is 2.06. The number of nitrogens with zero attached hydrogens (tertiary/aromatic N) is 1. The predicted octanol–water partition coefficient (Wildman–Crippen LogP) is 1.96. The Morgan fingerprint density at radius 3 is 3.06 bits per heavy atom. The molecule has 0 saturated carbocycles. The van der Waals surface area contributed by atoms with Crippen LogP contribution in [-0.4, -0.2) is 17.6 Å². The Morgan fingerprint density at radius 1 is 1.53 bits per heavy atom. The van der Waals surface area contributed by atoms with Crippen LogP contribution in [0.3, 0.4) is 0 Å². The van der Waals surface area contributed by atoms with E-state index in [-0.39, 0.29) is 12.6 Å². The van der Waals surface area contributed by atoms with Gasteiger partial charge in [0.25, 0.3) is 0 Å². The fourth-order valence-corrected chi connectivity index (χ4v) is 1.89. The molecule has 0 spiro atoms. The molecule has 0 aliphatic carbocycles. The van der Waals surface area contributed by atoms with Crippen LogP contribution in [0.4, 0.5) is 0 Å². The van der Waals surface area contributed by atoms with Crippen LogP contribution in [0.15, 0.2) is 24.4 Å². The van der Waals surface area contributed by atoms with Gasteiger partial charge in [-0.2, -0.15) is 5.26 Å². The summed E-state index contributed by atoms with van der Waals surface area (Å²) in [4.78, 5) is 3.19. The molecule has 0 bridgehead atoms. The minimum atomic E-state index is 0.0684. The number of nitrogens with one attached hydrogen (secondary N) is 1. The van der Waals surface area contributed by atoms with Crippen molar-refractivity contribution in [2.45, 2.75) is 19.4 Å². The number of aromatic nitrogens is 1. The second-order valence-corrected chi connectivity index (χ2v) is 4.15. The lowest BCUT2D eigenvalue weighted by atomic mass is 10.1. The summed E-state index contributed by atoms with van der Waals surface area (Å²) in [5.41, 5.74) is 8.02. The van der Waals surface area contributed by atoms with Gasteiger partial charge in [-0.25, -0.2) is 0 Å². The number of nitriles is 1. The van der Waals surface area contributed by atoms with Crippen molar-refractivity contribution in [3.8, 4) is 11.8 Å². The molecule has 1 aromatic heterocycles. The number of nitrogens with two attached hydrogens (primary N) is 1. The van der Waals surface area contributed by atoms with Crippen molar-refractivity contribution in [1.29, 1.82) is 5.26 Å². The number of benzene rings is 1. The lowest BCUT2D eigenvalue weighted by Crippen LogP contribution is -2.17. The molecule has 2 rings (SSSR count). The van der Waals surface area contributed by atoms with E-state index in [1.807, 2.05) is 37.4 Å². The molecule has 2 aromatic rings. The Kier molecular flexibility index (Phi) is 3.31. The molecule has 1 atom stereocenters. The zero-order valence-corrected chi connectivity index (χ0v) is 9.73. The summed E-state index contributed by atoms with van der Waals surface area (Å²) in [7, 11) is 0. The molecule has 0 aliphatic heterocycles. The summed E-state index contributed by atoms with van der Waals surface area (Å²) in [6.07, 6.45) is 2.82. The van der Waals surface area contributed by atoms with Crippen LogP contribution in [0.2, 0.25) is 0 Å². The van der Waals surface area contributed by atoms with E-state index in [0.29, 0.717) is 5.75 Å². The number of aromatic amines is 1. The van der Waals surface area contributed by atoms with Crippen molar-refractivity contribution < 1.29 is 4.74 Å². The summed E-state index contributed by atoms with van der Waals surface area (Å²) in [6.45, 7) is 2.06. The Hall–Kier alpha value is -1.99. The van der Waals surface area contributed by atoms with Crippen LogP contribution in [0, 0.1) is 11.3 Å². The van der Waals surface area contributed by atoms with Crippen LogP contribution < -0.4 is 10.5 Å². The van der Waals surface area contributed by atoms with Gasteiger partial charge < -0.3 is 15.5 Å². The normalized spacial score (nSPS) is 12.3. The number of fused-ring (bicyclic) bond motifs is 1. The molecular formula is C13H15N3O. The number of hydrogen-bond donors (Lipinski definition) is 2. The van der Waals surface area contributed by atoms with Gasteiger partial charge in [0.1, 0.15) is 11.8 Å². The van der Waals surface area contributed by atoms with Crippen LogP contribution in [-0.2, 0) is 6.42 Å². The van der Waals surface area contributed by atoms with Gasteiger partial charge in [0, 0.05) is 29.2 Å². The third kappa shape index (κ3) is 2.58. The van der Waals surface area contributed by atoms with Crippen molar-refractivity contribution in [1.82, 2.24) is 4.98 Å². The molecule has 0 fully saturated rings. The quantitative estimate of drug-likeness (QED) is 0.841. The Balaban J connectivity index is 2.28. The maximum Gasteiger partial charge on any atom is 0.174 e. The monoisotopic (exact) mass is 229 g/mol. The average Bonchev–Trinajstić information content (AvgIpc) is 2.68. The largest absolute Gasteiger partial charge is 0.479 e. The Morgan fingerprint density at radius 2 is 2.35 bits per heavy atom. The fourth-order valence-electron chi connectivity index (χ4n) is 1.89. The van der Waals surface area contributed by atoms with E-state index in [2.05, 4.69) is 4.98 Å². The first-order valence-corrected chi connectivity index (χ1v) is 5.56. The van der Waals surface area contributed by atoms with Crippen LogP contribution in [0.25, 0.3) is 10.9 Å². The second kappa shape index (κ2) is 4.89. The van der Waals surface area contributed by atoms with E-state index >= 15 is 0 Å².